The van der Waals surface area contributed by atoms with Crippen LogP contribution in [0, 0.1) is 5.92 Å². The number of H-pyrrole nitrogens is 1. The molecule has 1 spiro atoms. The smallest absolute Gasteiger partial charge is 0.387 e. The summed E-state index contributed by atoms with van der Waals surface area (Å²) in [5.74, 6) is 1.83. The standard InChI is InChI=1S/C26H23Cl2N8O2/c27-18-10-30-11-19(28)22(18)24(29)38-16-1-2-20-17(7-16)23(34-33-20)14-8-31-25(32-9-14)35-6-5-26-4-3-21(37)36(26)13-15(26)12-35/h1-2,7-11,13,15,24H,3-6,12,29H2,(H,33,34)/q+1/t15?,24-,26?/m0/s1. The van der Waals surface area contributed by atoms with Crippen molar-refractivity contribution in [2.75, 3.05) is 18.0 Å². The highest BCUT2D eigenvalue weighted by atomic mass is 35.5. The summed E-state index contributed by atoms with van der Waals surface area (Å²) < 4.78 is 7.93. The maximum absolute atomic E-state index is 12.1. The van der Waals surface area contributed by atoms with E-state index in [2.05, 4.69) is 36.3 Å². The van der Waals surface area contributed by atoms with Crippen LogP contribution in [-0.2, 0) is 4.79 Å². The monoisotopic (exact) mass is 549 g/mol. The molecule has 7 rings (SSSR count). The molecule has 2 unspecified atom stereocenters. The number of aromatic nitrogens is 5. The molecule has 0 saturated carbocycles. The molecular weight excluding hydrogens is 527 g/mol. The third-order valence-corrected chi connectivity index (χ3v) is 8.54. The van der Waals surface area contributed by atoms with Gasteiger partial charge in [-0.3, -0.25) is 15.8 Å². The van der Waals surface area contributed by atoms with Crippen molar-refractivity contribution in [3.05, 3.63) is 58.6 Å². The number of hydrogen-bond donors (Lipinski definition) is 2. The van der Waals surface area contributed by atoms with E-state index in [0.717, 1.165) is 42.4 Å². The molecule has 2 saturated heterocycles. The molecule has 3 atom stereocenters. The lowest BCUT2D eigenvalue weighted by Crippen LogP contribution is -2.64. The number of carbonyl (C=O) groups is 1. The summed E-state index contributed by atoms with van der Waals surface area (Å²) in [5.41, 5.74) is 9.06. The van der Waals surface area contributed by atoms with Crippen molar-refractivity contribution in [3.8, 4) is 17.0 Å². The second-order valence-corrected chi connectivity index (χ2v) is 10.7. The first-order chi connectivity index (χ1) is 18.4. The Morgan fingerprint density at radius 2 is 1.95 bits per heavy atom. The molecule has 3 aromatic heterocycles. The van der Waals surface area contributed by atoms with Gasteiger partial charge in [0.2, 0.25) is 5.95 Å². The summed E-state index contributed by atoms with van der Waals surface area (Å²) in [6.07, 6.45) is 10.3. The second-order valence-electron chi connectivity index (χ2n) is 9.93. The highest BCUT2D eigenvalue weighted by Crippen LogP contribution is 2.45. The van der Waals surface area contributed by atoms with Gasteiger partial charge in [0.25, 0.3) is 0 Å². The number of amides is 1. The topological polar surface area (TPSA) is 126 Å². The first kappa shape index (κ1) is 23.5. The Morgan fingerprint density at radius 1 is 1.16 bits per heavy atom. The van der Waals surface area contributed by atoms with Crippen LogP contribution >= 0.6 is 23.2 Å². The fourth-order valence-corrected chi connectivity index (χ4v) is 6.50. The fourth-order valence-electron chi connectivity index (χ4n) is 5.92. The Bertz CT molecular complexity index is 1600. The number of piperidine rings is 1. The number of nitrogens with zero attached hydrogens (tertiary/aromatic N) is 6. The molecule has 3 aliphatic heterocycles. The fraction of sp³-hybridized carbons (Fsp3) is 0.308. The predicted octanol–water partition coefficient (Wildman–Crippen LogP) is 3.74. The van der Waals surface area contributed by atoms with Gasteiger partial charge in [-0.25, -0.2) is 14.8 Å². The number of aromatic amines is 1. The van der Waals surface area contributed by atoms with E-state index < -0.39 is 6.23 Å². The van der Waals surface area contributed by atoms with Gasteiger partial charge in [0.15, 0.2) is 18.0 Å². The third-order valence-electron chi connectivity index (χ3n) is 7.94. The van der Waals surface area contributed by atoms with Crippen LogP contribution in [0.3, 0.4) is 0 Å². The average molecular weight is 550 g/mol. The van der Waals surface area contributed by atoms with E-state index in [1.807, 2.05) is 16.7 Å². The zero-order valence-electron chi connectivity index (χ0n) is 20.1. The summed E-state index contributed by atoms with van der Waals surface area (Å²) in [6, 6.07) is 5.52. The van der Waals surface area contributed by atoms with Crippen molar-refractivity contribution in [2.24, 2.45) is 11.7 Å². The van der Waals surface area contributed by atoms with Crippen molar-refractivity contribution < 1.29 is 14.1 Å². The van der Waals surface area contributed by atoms with Crippen LogP contribution in [0.4, 0.5) is 5.95 Å². The van der Waals surface area contributed by atoms with Gasteiger partial charge in [0.05, 0.1) is 22.0 Å². The van der Waals surface area contributed by atoms with E-state index in [-0.39, 0.29) is 11.4 Å². The summed E-state index contributed by atoms with van der Waals surface area (Å²) in [5, 5.41) is 9.05. The summed E-state index contributed by atoms with van der Waals surface area (Å²) in [4.78, 5) is 27.5. The molecule has 3 N–H and O–H groups in total. The minimum absolute atomic E-state index is 0.0257. The lowest BCUT2D eigenvalue weighted by molar-refractivity contribution is -0.558. The minimum atomic E-state index is -0.876. The second kappa shape index (κ2) is 8.72. The number of anilines is 1. The molecular formula is C26H23Cl2N8O2+. The quantitative estimate of drug-likeness (QED) is 0.284. The van der Waals surface area contributed by atoms with Crippen LogP contribution in [0.2, 0.25) is 10.0 Å². The maximum atomic E-state index is 12.1. The molecule has 192 valence electrons. The lowest BCUT2D eigenvalue weighted by atomic mass is 9.72. The minimum Gasteiger partial charge on any atom is -0.471 e. The van der Waals surface area contributed by atoms with Crippen LogP contribution in [0.25, 0.3) is 22.2 Å². The molecule has 10 nitrogen and oxygen atoms in total. The first-order valence-corrected chi connectivity index (χ1v) is 13.1. The van der Waals surface area contributed by atoms with Crippen LogP contribution in [-0.4, -0.2) is 60.5 Å². The van der Waals surface area contributed by atoms with Crippen molar-refractivity contribution in [1.82, 2.24) is 25.1 Å². The molecule has 1 aromatic carbocycles. The lowest BCUT2D eigenvalue weighted by Gasteiger charge is -2.44. The van der Waals surface area contributed by atoms with Gasteiger partial charge >= 0.3 is 5.91 Å². The number of carbonyl (C=O) groups excluding carboxylic acids is 1. The number of benzene rings is 1. The average Bonchev–Trinajstić information content (AvgIpc) is 3.41. The van der Waals surface area contributed by atoms with Crippen LogP contribution in [0.1, 0.15) is 31.1 Å². The molecule has 4 aromatic rings. The van der Waals surface area contributed by atoms with E-state index in [4.69, 9.17) is 33.7 Å². The third kappa shape index (κ3) is 3.58. The van der Waals surface area contributed by atoms with Crippen LogP contribution in [0.15, 0.2) is 43.0 Å². The zero-order valence-corrected chi connectivity index (χ0v) is 21.7. The van der Waals surface area contributed by atoms with E-state index in [1.54, 1.807) is 18.5 Å². The Balaban J connectivity index is 1.11. The molecule has 3 aliphatic rings. The normalized spacial score (nSPS) is 23.0. The first-order valence-electron chi connectivity index (χ1n) is 12.4. The van der Waals surface area contributed by atoms with Gasteiger partial charge < -0.3 is 9.64 Å². The number of nitrogens with one attached hydrogen (secondary N) is 1. The molecule has 6 heterocycles. The Labute approximate surface area is 227 Å². The van der Waals surface area contributed by atoms with E-state index in [0.29, 0.717) is 45.3 Å². The number of hydrogen-bond acceptors (Lipinski definition) is 8. The number of ether oxygens (including phenoxy) is 1. The maximum Gasteiger partial charge on any atom is 0.387 e. The number of rotatable bonds is 5. The number of fused-ring (bicyclic) bond motifs is 1. The summed E-state index contributed by atoms with van der Waals surface area (Å²) in [6.45, 7) is 1.65. The number of nitrogens with two attached hydrogens (primary N) is 1. The Morgan fingerprint density at radius 3 is 2.68 bits per heavy atom. The molecule has 0 aliphatic carbocycles. The van der Waals surface area contributed by atoms with Gasteiger partial charge in [0.1, 0.15) is 17.4 Å². The van der Waals surface area contributed by atoms with E-state index in [1.165, 1.54) is 12.4 Å². The largest absolute Gasteiger partial charge is 0.471 e. The van der Waals surface area contributed by atoms with E-state index >= 15 is 0 Å². The molecule has 12 heteroatoms. The van der Waals surface area contributed by atoms with Gasteiger partial charge in [-0.05, 0) is 18.2 Å². The van der Waals surface area contributed by atoms with Gasteiger partial charge in [-0.2, -0.15) is 9.67 Å². The van der Waals surface area contributed by atoms with Crippen LogP contribution in [0.5, 0.6) is 5.75 Å². The molecule has 2 fully saturated rings. The van der Waals surface area contributed by atoms with Crippen LogP contribution < -0.4 is 15.4 Å². The number of pyridine rings is 1. The van der Waals surface area contributed by atoms with Crippen molar-refractivity contribution >= 4 is 52.2 Å². The molecule has 0 radical (unpaired) electrons. The van der Waals surface area contributed by atoms with E-state index in [9.17, 15) is 4.79 Å². The van der Waals surface area contributed by atoms with Gasteiger partial charge in [-0.1, -0.05) is 23.2 Å². The van der Waals surface area contributed by atoms with Gasteiger partial charge in [-0.15, -0.1) is 0 Å². The highest BCUT2D eigenvalue weighted by Gasteiger charge is 2.65. The van der Waals surface area contributed by atoms with Crippen molar-refractivity contribution in [1.29, 1.82) is 0 Å². The Kier molecular flexibility index (Phi) is 5.40. The molecule has 1 amide bonds. The SMILES string of the molecule is N[C@@H](Oc1ccc2[nH]nc(-c3cnc(N4CCC56CCC(=O)[N+]5=CC6C4)nc3)c2c1)c1c(Cl)cncc1Cl. The molecule has 0 bridgehead atoms. The summed E-state index contributed by atoms with van der Waals surface area (Å²) >= 11 is 12.5. The van der Waals surface area contributed by atoms with Crippen molar-refractivity contribution in [2.45, 2.75) is 31.0 Å². The predicted molar refractivity (Wildman–Crippen MR) is 143 cm³/mol. The van der Waals surface area contributed by atoms with Gasteiger partial charge in [0, 0.05) is 67.2 Å². The summed E-state index contributed by atoms with van der Waals surface area (Å²) in [7, 11) is 0. The molecule has 38 heavy (non-hydrogen) atoms. The Hall–Kier alpha value is -3.60. The highest BCUT2D eigenvalue weighted by molar-refractivity contribution is 6.35. The zero-order chi connectivity index (χ0) is 26.0. The van der Waals surface area contributed by atoms with Crippen molar-refractivity contribution in [3.63, 3.8) is 0 Å². The number of halogens is 2.